The number of nitrogens with one attached hydrogen (secondary N) is 1. The average Bonchev–Trinajstić information content (AvgIpc) is 3.35. The molecular weight excluding hydrogens is 360 g/mol. The number of nitrogens with two attached hydrogens (primary N) is 1. The molecule has 0 bridgehead atoms. The molecule has 0 saturated carbocycles. The topological polar surface area (TPSA) is 135 Å². The lowest BCUT2D eigenvalue weighted by Gasteiger charge is -2.33. The van der Waals surface area contributed by atoms with E-state index >= 15 is 0 Å². The lowest BCUT2D eigenvalue weighted by atomic mass is 9.96. The first kappa shape index (κ1) is 18.1. The van der Waals surface area contributed by atoms with E-state index in [1.54, 1.807) is 10.9 Å². The van der Waals surface area contributed by atoms with E-state index in [-0.39, 0.29) is 11.8 Å². The zero-order chi connectivity index (χ0) is 19.8. The zero-order valence-corrected chi connectivity index (χ0v) is 16.2. The number of piperidine rings is 1. The molecule has 28 heavy (non-hydrogen) atoms. The Labute approximate surface area is 162 Å². The predicted octanol–water partition coefficient (Wildman–Crippen LogP) is 0.560. The summed E-state index contributed by atoms with van der Waals surface area (Å²) in [5.74, 6) is 2.20. The first-order valence-electron chi connectivity index (χ1n) is 9.27. The number of hydrogen-bond donors (Lipinski definition) is 2. The van der Waals surface area contributed by atoms with Crippen LogP contribution in [-0.4, -0.2) is 72.7 Å². The quantitative estimate of drug-likeness (QED) is 0.666. The minimum absolute atomic E-state index is 0.0430. The van der Waals surface area contributed by atoms with Crippen LogP contribution < -0.4 is 10.6 Å². The Morgan fingerprint density at radius 2 is 2.04 bits per heavy atom. The fourth-order valence-corrected chi connectivity index (χ4v) is 3.56. The molecule has 3 aromatic heterocycles. The summed E-state index contributed by atoms with van der Waals surface area (Å²) in [6.45, 7) is 3.21. The summed E-state index contributed by atoms with van der Waals surface area (Å²) < 4.78 is 1.75. The molecule has 11 heteroatoms. The highest BCUT2D eigenvalue weighted by Crippen LogP contribution is 2.28. The number of imidazole rings is 1. The molecule has 1 amide bonds. The van der Waals surface area contributed by atoms with Crippen molar-refractivity contribution >= 4 is 28.8 Å². The van der Waals surface area contributed by atoms with Crippen molar-refractivity contribution in [3.8, 4) is 0 Å². The number of amides is 1. The van der Waals surface area contributed by atoms with Crippen molar-refractivity contribution in [1.29, 1.82) is 0 Å². The highest BCUT2D eigenvalue weighted by atomic mass is 16.2. The monoisotopic (exact) mass is 384 g/mol. The lowest BCUT2D eigenvalue weighted by Crippen LogP contribution is -2.41. The summed E-state index contributed by atoms with van der Waals surface area (Å²) in [5, 5.41) is 7.25. The molecule has 3 aromatic rings. The average molecular weight is 384 g/mol. The summed E-state index contributed by atoms with van der Waals surface area (Å²) in [4.78, 5) is 33.7. The maximum Gasteiger partial charge on any atom is 0.245 e. The second-order valence-electron chi connectivity index (χ2n) is 7.27. The molecule has 4 rings (SSSR count). The second-order valence-corrected chi connectivity index (χ2v) is 7.27. The number of carbonyl (C=O) groups excluding carboxylic acids is 1. The normalized spacial score (nSPS) is 16.5. The number of nitrogen functional groups attached to an aromatic ring is 1. The molecular formula is C17H24N10O. The van der Waals surface area contributed by atoms with Gasteiger partial charge in [-0.3, -0.25) is 9.89 Å². The van der Waals surface area contributed by atoms with Gasteiger partial charge in [0.1, 0.15) is 23.7 Å². The van der Waals surface area contributed by atoms with Gasteiger partial charge in [0.25, 0.3) is 0 Å². The van der Waals surface area contributed by atoms with E-state index in [0.29, 0.717) is 36.0 Å². The van der Waals surface area contributed by atoms with Crippen LogP contribution in [-0.2, 0) is 4.79 Å². The maximum absolute atomic E-state index is 13.0. The van der Waals surface area contributed by atoms with Gasteiger partial charge in [-0.2, -0.15) is 4.98 Å². The van der Waals surface area contributed by atoms with Gasteiger partial charge in [0.2, 0.25) is 11.9 Å². The molecule has 1 atom stereocenters. The Kier molecular flexibility index (Phi) is 4.57. The smallest absolute Gasteiger partial charge is 0.245 e. The largest absolute Gasteiger partial charge is 0.382 e. The van der Waals surface area contributed by atoms with E-state index in [4.69, 9.17) is 5.73 Å². The molecule has 1 fully saturated rings. The molecule has 1 unspecified atom stereocenters. The molecule has 0 radical (unpaired) electrons. The summed E-state index contributed by atoms with van der Waals surface area (Å²) in [6, 6.07) is -0.415. The Bertz CT molecular complexity index is 985. The van der Waals surface area contributed by atoms with Crippen LogP contribution in [0.3, 0.4) is 0 Å². The van der Waals surface area contributed by atoms with Crippen molar-refractivity contribution in [2.24, 2.45) is 0 Å². The minimum Gasteiger partial charge on any atom is -0.382 e. The molecule has 11 nitrogen and oxygen atoms in total. The number of nitrogens with zero attached hydrogens (tertiary/aromatic N) is 8. The van der Waals surface area contributed by atoms with Crippen LogP contribution in [0.5, 0.6) is 0 Å². The Morgan fingerprint density at radius 3 is 2.71 bits per heavy atom. The van der Waals surface area contributed by atoms with Gasteiger partial charge < -0.3 is 20.1 Å². The fourth-order valence-electron chi connectivity index (χ4n) is 3.56. The molecule has 1 aliphatic rings. The van der Waals surface area contributed by atoms with Gasteiger partial charge in [-0.15, -0.1) is 5.10 Å². The van der Waals surface area contributed by atoms with Gasteiger partial charge in [-0.25, -0.2) is 15.0 Å². The van der Waals surface area contributed by atoms with Crippen LogP contribution in [0, 0.1) is 0 Å². The lowest BCUT2D eigenvalue weighted by molar-refractivity contribution is -0.135. The zero-order valence-electron chi connectivity index (χ0n) is 16.2. The van der Waals surface area contributed by atoms with Gasteiger partial charge >= 0.3 is 0 Å². The third-order valence-corrected chi connectivity index (χ3v) is 5.25. The maximum atomic E-state index is 13.0. The molecule has 0 spiro atoms. The van der Waals surface area contributed by atoms with Crippen LogP contribution in [0.25, 0.3) is 11.2 Å². The summed E-state index contributed by atoms with van der Waals surface area (Å²) >= 11 is 0. The summed E-state index contributed by atoms with van der Waals surface area (Å²) in [7, 11) is 3.82. The van der Waals surface area contributed by atoms with E-state index in [2.05, 4.69) is 30.1 Å². The Hall–Kier alpha value is -3.24. The van der Waals surface area contributed by atoms with Crippen molar-refractivity contribution in [2.75, 3.05) is 37.8 Å². The van der Waals surface area contributed by atoms with E-state index < -0.39 is 6.04 Å². The number of carbonyl (C=O) groups is 1. The number of aromatic nitrogens is 7. The molecule has 4 heterocycles. The van der Waals surface area contributed by atoms with Crippen LogP contribution in [0.15, 0.2) is 12.7 Å². The van der Waals surface area contributed by atoms with E-state index in [0.717, 1.165) is 18.7 Å². The van der Waals surface area contributed by atoms with E-state index in [9.17, 15) is 4.79 Å². The van der Waals surface area contributed by atoms with Crippen molar-refractivity contribution in [1.82, 2.24) is 39.6 Å². The highest BCUT2D eigenvalue weighted by molar-refractivity contribution is 5.85. The molecule has 148 valence electrons. The number of likely N-dealkylation sites (tertiary alicyclic amines) is 1. The van der Waals surface area contributed by atoms with Gasteiger partial charge in [0.15, 0.2) is 11.5 Å². The van der Waals surface area contributed by atoms with Crippen LogP contribution >= 0.6 is 0 Å². The summed E-state index contributed by atoms with van der Waals surface area (Å²) in [5.41, 5.74) is 6.93. The molecule has 0 aromatic carbocycles. The van der Waals surface area contributed by atoms with Crippen molar-refractivity contribution < 1.29 is 4.79 Å². The predicted molar refractivity (Wildman–Crippen MR) is 104 cm³/mol. The molecule has 1 saturated heterocycles. The molecule has 0 aliphatic carbocycles. The molecule has 3 N–H and O–H groups in total. The van der Waals surface area contributed by atoms with Crippen LogP contribution in [0.4, 0.5) is 11.8 Å². The number of H-pyrrole nitrogens is 1. The highest BCUT2D eigenvalue weighted by Gasteiger charge is 2.30. The first-order chi connectivity index (χ1) is 13.5. The second kappa shape index (κ2) is 7.06. The third-order valence-electron chi connectivity index (χ3n) is 5.25. The standard InChI is InChI=1S/C17H24N10O/c1-10(27-9-21-12-13(18)19-8-20-15(12)27)16(28)26-6-4-11(5-7-26)14-22-17(24-23-14)25(2)3/h8-11H,4-7H2,1-3H3,(H2,18,19,20)(H,22,23,24). The third kappa shape index (κ3) is 3.12. The van der Waals surface area contributed by atoms with E-state index in [1.807, 2.05) is 30.8 Å². The van der Waals surface area contributed by atoms with Crippen LogP contribution in [0.2, 0.25) is 0 Å². The number of fused-ring (bicyclic) bond motifs is 1. The van der Waals surface area contributed by atoms with Gasteiger partial charge in [-0.1, -0.05) is 0 Å². The number of aromatic amines is 1. The molecule has 1 aliphatic heterocycles. The van der Waals surface area contributed by atoms with Gasteiger partial charge in [0.05, 0.1) is 6.33 Å². The van der Waals surface area contributed by atoms with Crippen LogP contribution in [0.1, 0.15) is 37.5 Å². The summed E-state index contributed by atoms with van der Waals surface area (Å²) in [6.07, 6.45) is 4.68. The number of rotatable bonds is 4. The fraction of sp³-hybridized carbons (Fsp3) is 0.529. The Balaban J connectivity index is 1.43. The van der Waals surface area contributed by atoms with Gasteiger partial charge in [-0.05, 0) is 19.8 Å². The minimum atomic E-state index is -0.415. The van der Waals surface area contributed by atoms with Crippen molar-refractivity contribution in [2.45, 2.75) is 31.7 Å². The van der Waals surface area contributed by atoms with E-state index in [1.165, 1.54) is 6.33 Å². The van der Waals surface area contributed by atoms with Crippen molar-refractivity contribution in [3.63, 3.8) is 0 Å². The van der Waals surface area contributed by atoms with Crippen molar-refractivity contribution in [3.05, 3.63) is 18.5 Å². The SMILES string of the molecule is CC(C(=O)N1CCC(c2nc(N(C)C)n[nH]2)CC1)n1cnc2c(N)ncnc21. The van der Waals surface area contributed by atoms with Gasteiger partial charge in [0, 0.05) is 33.1 Å². The number of hydrogen-bond acceptors (Lipinski definition) is 8. The number of anilines is 2. The first-order valence-corrected chi connectivity index (χ1v) is 9.27. The Morgan fingerprint density at radius 1 is 1.29 bits per heavy atom.